The van der Waals surface area contributed by atoms with Crippen LogP contribution in [0.5, 0.6) is 0 Å². The lowest BCUT2D eigenvalue weighted by Crippen LogP contribution is -1.92. The normalized spacial score (nSPS) is 9.47. The zero-order valence-electron chi connectivity index (χ0n) is 19.7. The van der Waals surface area contributed by atoms with Crippen molar-refractivity contribution in [3.8, 4) is 22.5 Å². The molecule has 1 aromatic carbocycles. The number of pyridine rings is 1. The van der Waals surface area contributed by atoms with Gasteiger partial charge in [0.25, 0.3) is 5.69 Å². The van der Waals surface area contributed by atoms with E-state index in [4.69, 9.17) is 0 Å². The molecule has 0 fully saturated rings. The summed E-state index contributed by atoms with van der Waals surface area (Å²) in [6, 6.07) is 14.1. The van der Waals surface area contributed by atoms with Crippen molar-refractivity contribution < 1.29 is 4.92 Å². The molecule has 0 saturated carbocycles. The first-order valence-electron chi connectivity index (χ1n) is 10.8. The quantitative estimate of drug-likeness (QED) is 0.141. The molecule has 0 unspecified atom stereocenters. The lowest BCUT2D eigenvalue weighted by molar-refractivity contribution is -0.384. The topological polar surface area (TPSA) is 86.2 Å². The average molecular weight is 454 g/mol. The zero-order chi connectivity index (χ0) is 24.1. The molecule has 3 aromatic heterocycles. The third-order valence-electron chi connectivity index (χ3n) is 3.94. The molecule has 0 atom stereocenters. The molecule has 4 aromatic rings. The van der Waals surface area contributed by atoms with Crippen LogP contribution in [0, 0.1) is 10.1 Å². The number of nitro benzene ring substituents is 1. The van der Waals surface area contributed by atoms with Gasteiger partial charge in [0.2, 0.25) is 0 Å². The SMILES string of the molecule is CC.CC.CC.CSc1nccc(-c2c(-c3cccc([N+](=O)[O-])c3)nn3ccccc23)n1. The molecule has 0 bridgehead atoms. The third kappa shape index (κ3) is 6.13. The number of fused-ring (bicyclic) bond motifs is 1. The Balaban J connectivity index is 0.000000789. The molecule has 0 amide bonds. The fraction of sp³-hybridized carbons (Fsp3) is 0.292. The lowest BCUT2D eigenvalue weighted by Gasteiger charge is -2.04. The number of hydrogen-bond acceptors (Lipinski definition) is 6. The van der Waals surface area contributed by atoms with Crippen molar-refractivity contribution in [3.05, 3.63) is 71.0 Å². The van der Waals surface area contributed by atoms with E-state index >= 15 is 0 Å². The molecule has 8 heteroatoms. The third-order valence-corrected chi connectivity index (χ3v) is 4.50. The second kappa shape index (κ2) is 13.9. The van der Waals surface area contributed by atoms with E-state index < -0.39 is 4.92 Å². The number of rotatable bonds is 4. The first-order chi connectivity index (χ1) is 15.7. The number of hydrogen-bond donors (Lipinski definition) is 0. The van der Waals surface area contributed by atoms with Gasteiger partial charge >= 0.3 is 0 Å². The summed E-state index contributed by atoms with van der Waals surface area (Å²) in [6.45, 7) is 12.0. The minimum Gasteiger partial charge on any atom is -0.258 e. The smallest absolute Gasteiger partial charge is 0.258 e. The van der Waals surface area contributed by atoms with E-state index in [0.717, 1.165) is 16.8 Å². The minimum absolute atomic E-state index is 0.0259. The molecule has 0 N–H and O–H groups in total. The van der Waals surface area contributed by atoms with Crippen molar-refractivity contribution in [2.75, 3.05) is 6.26 Å². The zero-order valence-corrected chi connectivity index (χ0v) is 20.6. The van der Waals surface area contributed by atoms with Crippen LogP contribution in [0.1, 0.15) is 41.5 Å². The monoisotopic (exact) mass is 453 g/mol. The van der Waals surface area contributed by atoms with Gasteiger partial charge in [-0.1, -0.05) is 71.5 Å². The molecule has 4 rings (SSSR count). The second-order valence-electron chi connectivity index (χ2n) is 5.49. The molecule has 3 heterocycles. The van der Waals surface area contributed by atoms with Gasteiger partial charge in [-0.15, -0.1) is 0 Å². The summed E-state index contributed by atoms with van der Waals surface area (Å²) < 4.78 is 1.75. The summed E-state index contributed by atoms with van der Waals surface area (Å²) in [5, 5.41) is 16.4. The van der Waals surface area contributed by atoms with Crippen LogP contribution in [0.4, 0.5) is 5.69 Å². The number of thioether (sulfide) groups is 1. The van der Waals surface area contributed by atoms with E-state index in [-0.39, 0.29) is 5.69 Å². The summed E-state index contributed by atoms with van der Waals surface area (Å²) in [5.41, 5.74) is 3.77. The summed E-state index contributed by atoms with van der Waals surface area (Å²) >= 11 is 1.45. The molecule has 170 valence electrons. The largest absolute Gasteiger partial charge is 0.270 e. The lowest BCUT2D eigenvalue weighted by atomic mass is 10.0. The molecular weight excluding hydrogens is 422 g/mol. The Morgan fingerprint density at radius 3 is 2.34 bits per heavy atom. The fourth-order valence-corrected chi connectivity index (χ4v) is 3.15. The van der Waals surface area contributed by atoms with Gasteiger partial charge in [-0.05, 0) is 24.5 Å². The van der Waals surface area contributed by atoms with Crippen molar-refractivity contribution in [2.24, 2.45) is 0 Å². The Labute approximate surface area is 194 Å². The van der Waals surface area contributed by atoms with Crippen molar-refractivity contribution in [3.63, 3.8) is 0 Å². The van der Waals surface area contributed by atoms with E-state index in [2.05, 4.69) is 15.1 Å². The molecule has 0 aliphatic rings. The van der Waals surface area contributed by atoms with Gasteiger partial charge in [0.1, 0.15) is 5.69 Å². The standard InChI is InChI=1S/C18H13N5O2S.3C2H6/c1-26-18-19-9-8-14(20-18)16-15-7-2-3-10-22(15)21-17(16)12-5-4-6-13(11-12)23(24)25;3*1-2/h2-11H,1H3;3*1-2H3. The van der Waals surface area contributed by atoms with Gasteiger partial charge in [-0.3, -0.25) is 10.1 Å². The van der Waals surface area contributed by atoms with Crippen LogP contribution in [0.2, 0.25) is 0 Å². The maximum Gasteiger partial charge on any atom is 0.270 e. The summed E-state index contributed by atoms with van der Waals surface area (Å²) in [4.78, 5) is 19.6. The van der Waals surface area contributed by atoms with Crippen LogP contribution in [-0.4, -0.2) is 30.8 Å². The molecule has 0 saturated heterocycles. The molecule has 0 aliphatic carbocycles. The van der Waals surface area contributed by atoms with Gasteiger partial charge in [0.15, 0.2) is 5.16 Å². The molecular formula is C24H31N5O2S. The van der Waals surface area contributed by atoms with Crippen molar-refractivity contribution in [1.82, 2.24) is 19.6 Å². The van der Waals surface area contributed by atoms with Gasteiger partial charge in [-0.2, -0.15) is 5.10 Å². The number of nitrogens with zero attached hydrogens (tertiary/aromatic N) is 5. The van der Waals surface area contributed by atoms with Crippen LogP contribution >= 0.6 is 11.8 Å². The highest BCUT2D eigenvalue weighted by molar-refractivity contribution is 7.98. The van der Waals surface area contributed by atoms with Crippen LogP contribution in [0.15, 0.2) is 66.1 Å². The highest BCUT2D eigenvalue weighted by Crippen LogP contribution is 2.35. The highest BCUT2D eigenvalue weighted by atomic mass is 32.2. The van der Waals surface area contributed by atoms with E-state index in [1.807, 2.05) is 84.3 Å². The number of aromatic nitrogens is 4. The Kier molecular flexibility index (Phi) is 11.7. The predicted octanol–water partition coefficient (Wildman–Crippen LogP) is 7.17. The highest BCUT2D eigenvalue weighted by Gasteiger charge is 2.19. The van der Waals surface area contributed by atoms with Crippen molar-refractivity contribution in [2.45, 2.75) is 46.7 Å². The van der Waals surface area contributed by atoms with Gasteiger partial charge in [0, 0.05) is 30.1 Å². The summed E-state index contributed by atoms with van der Waals surface area (Å²) in [5.74, 6) is 0. The number of non-ortho nitro benzene ring substituents is 1. The first-order valence-corrected chi connectivity index (χ1v) is 12.0. The summed E-state index contributed by atoms with van der Waals surface area (Å²) in [7, 11) is 0. The maximum absolute atomic E-state index is 11.2. The Morgan fingerprint density at radius 1 is 0.969 bits per heavy atom. The van der Waals surface area contributed by atoms with E-state index in [9.17, 15) is 10.1 Å². The van der Waals surface area contributed by atoms with Gasteiger partial charge in [0.05, 0.1) is 21.7 Å². The molecule has 32 heavy (non-hydrogen) atoms. The fourth-order valence-electron chi connectivity index (χ4n) is 2.80. The van der Waals surface area contributed by atoms with Gasteiger partial charge < -0.3 is 0 Å². The molecule has 0 aliphatic heterocycles. The maximum atomic E-state index is 11.2. The number of nitro groups is 1. The van der Waals surface area contributed by atoms with E-state index in [1.165, 1.54) is 23.9 Å². The van der Waals surface area contributed by atoms with Crippen LogP contribution < -0.4 is 0 Å². The first kappa shape index (κ1) is 26.8. The minimum atomic E-state index is -0.407. The molecule has 0 radical (unpaired) electrons. The second-order valence-corrected chi connectivity index (χ2v) is 6.26. The van der Waals surface area contributed by atoms with Gasteiger partial charge in [-0.25, -0.2) is 14.5 Å². The van der Waals surface area contributed by atoms with Crippen LogP contribution in [-0.2, 0) is 0 Å². The Bertz CT molecular complexity index is 1130. The summed E-state index contributed by atoms with van der Waals surface area (Å²) in [6.07, 6.45) is 5.46. The number of benzene rings is 1. The Morgan fingerprint density at radius 2 is 1.69 bits per heavy atom. The average Bonchev–Trinajstić information content (AvgIpc) is 3.27. The van der Waals surface area contributed by atoms with E-state index in [1.54, 1.807) is 16.8 Å². The van der Waals surface area contributed by atoms with Crippen molar-refractivity contribution >= 4 is 23.0 Å². The molecule has 7 nitrogen and oxygen atoms in total. The van der Waals surface area contributed by atoms with Crippen LogP contribution in [0.25, 0.3) is 28.0 Å². The van der Waals surface area contributed by atoms with Crippen molar-refractivity contribution in [1.29, 1.82) is 0 Å². The van der Waals surface area contributed by atoms with Crippen LogP contribution in [0.3, 0.4) is 0 Å². The molecule has 0 spiro atoms. The van der Waals surface area contributed by atoms with E-state index in [0.29, 0.717) is 16.4 Å². The Hall–Kier alpha value is -3.26. The predicted molar refractivity (Wildman–Crippen MR) is 134 cm³/mol.